The molecule has 22 heavy (non-hydrogen) atoms. The molecule has 0 aliphatic carbocycles. The second-order valence-electron chi connectivity index (χ2n) is 4.91. The maximum Gasteiger partial charge on any atom is 0.328 e. The zero-order chi connectivity index (χ0) is 15.7. The highest BCUT2D eigenvalue weighted by molar-refractivity contribution is 9.10. The van der Waals surface area contributed by atoms with Crippen molar-refractivity contribution in [1.29, 1.82) is 0 Å². The molecule has 1 aromatic rings. The van der Waals surface area contributed by atoms with E-state index in [-0.39, 0.29) is 19.1 Å². The van der Waals surface area contributed by atoms with Gasteiger partial charge < -0.3 is 24.2 Å². The molecule has 1 amide bonds. The normalized spacial score (nSPS) is 20.6. The lowest BCUT2D eigenvalue weighted by atomic mass is 10.1. The molecule has 0 radical (unpaired) electrons. The van der Waals surface area contributed by atoms with Crippen molar-refractivity contribution in [3.8, 4) is 11.5 Å². The average Bonchev–Trinajstić information content (AvgIpc) is 2.54. The molecule has 0 aromatic heterocycles. The number of ether oxygens (including phenoxy) is 3. The standard InChI is InChI=1S/C14H14BrNO6/c15-9-5-8(6-11-12(9)22-4-3-21-11)13(17)16-1-2-20-7-10(16)14(18)19/h5-6,10H,1-4,7H2,(H,18,19)/t10-/m0/s1. The van der Waals surface area contributed by atoms with Crippen LogP contribution in [0.4, 0.5) is 0 Å². The summed E-state index contributed by atoms with van der Waals surface area (Å²) in [6.45, 7) is 1.41. The predicted octanol–water partition coefficient (Wildman–Crippen LogP) is 1.15. The third-order valence-corrected chi connectivity index (χ3v) is 4.11. The summed E-state index contributed by atoms with van der Waals surface area (Å²) in [6.07, 6.45) is 0. The number of hydrogen-bond donors (Lipinski definition) is 1. The molecule has 0 bridgehead atoms. The van der Waals surface area contributed by atoms with Gasteiger partial charge in [-0.2, -0.15) is 0 Å². The SMILES string of the molecule is O=C(O)[C@@H]1COCCN1C(=O)c1cc(Br)c2c(c1)OCCO2. The van der Waals surface area contributed by atoms with E-state index >= 15 is 0 Å². The average molecular weight is 372 g/mol. The number of carbonyl (C=O) groups excluding carboxylic acids is 1. The van der Waals surface area contributed by atoms with E-state index in [4.69, 9.17) is 14.2 Å². The molecule has 1 saturated heterocycles. The van der Waals surface area contributed by atoms with Gasteiger partial charge in [0, 0.05) is 12.1 Å². The maximum absolute atomic E-state index is 12.6. The third-order valence-electron chi connectivity index (χ3n) is 3.52. The molecule has 0 saturated carbocycles. The molecular weight excluding hydrogens is 358 g/mol. The van der Waals surface area contributed by atoms with Crippen molar-refractivity contribution < 1.29 is 28.9 Å². The first-order valence-corrected chi connectivity index (χ1v) is 7.58. The zero-order valence-electron chi connectivity index (χ0n) is 11.6. The summed E-state index contributed by atoms with van der Waals surface area (Å²) in [4.78, 5) is 25.2. The Morgan fingerprint density at radius 1 is 1.23 bits per heavy atom. The van der Waals surface area contributed by atoms with E-state index in [0.29, 0.717) is 41.4 Å². The molecular formula is C14H14BrNO6. The Labute approximate surface area is 134 Å². The van der Waals surface area contributed by atoms with Gasteiger partial charge >= 0.3 is 5.97 Å². The molecule has 7 nitrogen and oxygen atoms in total. The lowest BCUT2D eigenvalue weighted by Gasteiger charge is -2.33. The van der Waals surface area contributed by atoms with Gasteiger partial charge in [-0.3, -0.25) is 4.79 Å². The van der Waals surface area contributed by atoms with Crippen LogP contribution in [0.2, 0.25) is 0 Å². The highest BCUT2D eigenvalue weighted by Gasteiger charge is 2.34. The van der Waals surface area contributed by atoms with Gasteiger partial charge in [0.05, 0.1) is 17.7 Å². The lowest BCUT2D eigenvalue weighted by molar-refractivity contribution is -0.147. The Bertz CT molecular complexity index is 620. The minimum atomic E-state index is -1.08. The predicted molar refractivity (Wildman–Crippen MR) is 78.4 cm³/mol. The van der Waals surface area contributed by atoms with Crippen molar-refractivity contribution in [3.05, 3.63) is 22.2 Å². The topological polar surface area (TPSA) is 85.3 Å². The lowest BCUT2D eigenvalue weighted by Crippen LogP contribution is -2.52. The molecule has 1 fully saturated rings. The second kappa shape index (κ2) is 6.13. The molecule has 2 aliphatic heterocycles. The zero-order valence-corrected chi connectivity index (χ0v) is 13.2. The Morgan fingerprint density at radius 3 is 2.77 bits per heavy atom. The number of morpholine rings is 1. The quantitative estimate of drug-likeness (QED) is 0.838. The van der Waals surface area contributed by atoms with Gasteiger partial charge in [0.2, 0.25) is 0 Å². The highest BCUT2D eigenvalue weighted by Crippen LogP contribution is 2.38. The number of fused-ring (bicyclic) bond motifs is 1. The van der Waals surface area contributed by atoms with Crippen LogP contribution in [-0.2, 0) is 9.53 Å². The smallest absolute Gasteiger partial charge is 0.328 e. The number of rotatable bonds is 2. The van der Waals surface area contributed by atoms with Crippen LogP contribution in [0.5, 0.6) is 11.5 Å². The fourth-order valence-electron chi connectivity index (χ4n) is 2.45. The van der Waals surface area contributed by atoms with Crippen LogP contribution in [0.25, 0.3) is 0 Å². The van der Waals surface area contributed by atoms with Crippen LogP contribution in [0.1, 0.15) is 10.4 Å². The van der Waals surface area contributed by atoms with Crippen molar-refractivity contribution in [2.75, 3.05) is 33.0 Å². The molecule has 1 N–H and O–H groups in total. The van der Waals surface area contributed by atoms with Crippen LogP contribution in [0.3, 0.4) is 0 Å². The van der Waals surface area contributed by atoms with Crippen molar-refractivity contribution in [2.24, 2.45) is 0 Å². The van der Waals surface area contributed by atoms with Crippen LogP contribution < -0.4 is 9.47 Å². The highest BCUT2D eigenvalue weighted by atomic mass is 79.9. The summed E-state index contributed by atoms with van der Waals surface area (Å²) in [5, 5.41) is 9.22. The van der Waals surface area contributed by atoms with Crippen LogP contribution in [0.15, 0.2) is 16.6 Å². The van der Waals surface area contributed by atoms with Gasteiger partial charge in [0.15, 0.2) is 17.5 Å². The van der Waals surface area contributed by atoms with E-state index in [2.05, 4.69) is 15.9 Å². The van der Waals surface area contributed by atoms with E-state index < -0.39 is 12.0 Å². The van der Waals surface area contributed by atoms with Gasteiger partial charge in [-0.05, 0) is 28.1 Å². The number of benzene rings is 1. The largest absolute Gasteiger partial charge is 0.486 e. The van der Waals surface area contributed by atoms with E-state index in [9.17, 15) is 14.7 Å². The van der Waals surface area contributed by atoms with Gasteiger partial charge in [-0.15, -0.1) is 0 Å². The molecule has 8 heteroatoms. The number of nitrogens with zero attached hydrogens (tertiary/aromatic N) is 1. The summed E-state index contributed by atoms with van der Waals surface area (Å²) >= 11 is 3.35. The number of amides is 1. The molecule has 1 aromatic carbocycles. The molecule has 2 aliphatic rings. The summed E-state index contributed by atoms with van der Waals surface area (Å²) in [6, 6.07) is 2.22. The molecule has 0 unspecified atom stereocenters. The van der Waals surface area contributed by atoms with Gasteiger partial charge in [0.1, 0.15) is 13.2 Å². The minimum Gasteiger partial charge on any atom is -0.486 e. The van der Waals surface area contributed by atoms with Crippen molar-refractivity contribution >= 4 is 27.8 Å². The summed E-state index contributed by atoms with van der Waals surface area (Å²) in [5.41, 5.74) is 0.351. The summed E-state index contributed by atoms with van der Waals surface area (Å²) < 4.78 is 16.7. The number of carbonyl (C=O) groups is 2. The Hall–Kier alpha value is -1.80. The molecule has 3 rings (SSSR count). The van der Waals surface area contributed by atoms with Crippen LogP contribution >= 0.6 is 15.9 Å². The van der Waals surface area contributed by atoms with Crippen LogP contribution in [0, 0.1) is 0 Å². The van der Waals surface area contributed by atoms with Gasteiger partial charge in [-0.25, -0.2) is 4.79 Å². The van der Waals surface area contributed by atoms with Crippen molar-refractivity contribution in [1.82, 2.24) is 4.90 Å². The Balaban J connectivity index is 1.91. The Kier molecular flexibility index (Phi) is 4.21. The fourth-order valence-corrected chi connectivity index (χ4v) is 3.01. The number of aliphatic carboxylic acids is 1. The molecule has 0 spiro atoms. The Morgan fingerprint density at radius 2 is 2.00 bits per heavy atom. The summed E-state index contributed by atoms with van der Waals surface area (Å²) in [7, 11) is 0. The number of carboxylic acid groups (broad SMARTS) is 1. The van der Waals surface area contributed by atoms with Crippen molar-refractivity contribution in [3.63, 3.8) is 0 Å². The van der Waals surface area contributed by atoms with Crippen LogP contribution in [-0.4, -0.2) is 60.9 Å². The number of hydrogen-bond acceptors (Lipinski definition) is 5. The fraction of sp³-hybridized carbons (Fsp3) is 0.429. The van der Waals surface area contributed by atoms with Gasteiger partial charge in [-0.1, -0.05) is 0 Å². The third kappa shape index (κ3) is 2.76. The maximum atomic E-state index is 12.6. The molecule has 118 valence electrons. The number of halogens is 1. The summed E-state index contributed by atoms with van der Waals surface area (Å²) in [5.74, 6) is -0.415. The van der Waals surface area contributed by atoms with E-state index in [1.807, 2.05) is 0 Å². The minimum absolute atomic E-state index is 0.00715. The second-order valence-corrected chi connectivity index (χ2v) is 5.76. The molecule has 1 atom stereocenters. The van der Waals surface area contributed by atoms with E-state index in [1.54, 1.807) is 12.1 Å². The first-order valence-electron chi connectivity index (χ1n) is 6.78. The van der Waals surface area contributed by atoms with Gasteiger partial charge in [0.25, 0.3) is 5.91 Å². The first kappa shape index (κ1) is 15.1. The first-order chi connectivity index (χ1) is 10.6. The number of carboxylic acids is 1. The molecule has 2 heterocycles. The monoisotopic (exact) mass is 371 g/mol. The van der Waals surface area contributed by atoms with E-state index in [0.717, 1.165) is 0 Å². The van der Waals surface area contributed by atoms with E-state index in [1.165, 1.54) is 4.90 Å². The van der Waals surface area contributed by atoms with Crippen molar-refractivity contribution in [2.45, 2.75) is 6.04 Å².